The highest BCUT2D eigenvalue weighted by Crippen LogP contribution is 2.38. The largest absolute Gasteiger partial charge is 0.355 e. The summed E-state index contributed by atoms with van der Waals surface area (Å²) in [5.74, 6) is -1.19. The van der Waals surface area contributed by atoms with Crippen LogP contribution in [0.2, 0.25) is 0 Å². The third-order valence-electron chi connectivity index (χ3n) is 4.67. The van der Waals surface area contributed by atoms with E-state index in [1.807, 2.05) is 12.1 Å². The first-order valence-corrected chi connectivity index (χ1v) is 8.09. The van der Waals surface area contributed by atoms with Gasteiger partial charge in [0.25, 0.3) is 0 Å². The summed E-state index contributed by atoms with van der Waals surface area (Å²) < 4.78 is 27.0. The van der Waals surface area contributed by atoms with Gasteiger partial charge in [0.05, 0.1) is 0 Å². The van der Waals surface area contributed by atoms with Gasteiger partial charge in [0.1, 0.15) is 11.6 Å². The molecule has 25 heavy (non-hydrogen) atoms. The molecular weight excluding hydrogens is 316 g/mol. The van der Waals surface area contributed by atoms with E-state index in [4.69, 9.17) is 0 Å². The lowest BCUT2D eigenvalue weighted by molar-refractivity contribution is 0.584. The van der Waals surface area contributed by atoms with Crippen molar-refractivity contribution in [3.63, 3.8) is 0 Å². The molecule has 0 aromatic heterocycles. The van der Waals surface area contributed by atoms with Gasteiger partial charge in [-0.2, -0.15) is 0 Å². The molecule has 0 spiro atoms. The predicted octanol–water partition coefficient (Wildman–Crippen LogP) is 6.61. The third kappa shape index (κ3) is 2.20. The fourth-order valence-electron chi connectivity index (χ4n) is 3.63. The second-order valence-electron chi connectivity index (χ2n) is 6.25. The number of benzene rings is 5. The topological polar surface area (TPSA) is 12.0 Å². The molecule has 0 aliphatic carbocycles. The Bertz CT molecular complexity index is 1210. The molecule has 1 N–H and O–H groups in total. The van der Waals surface area contributed by atoms with Crippen molar-refractivity contribution < 1.29 is 8.78 Å². The smallest absolute Gasteiger partial charge is 0.128 e. The Morgan fingerprint density at radius 1 is 0.600 bits per heavy atom. The van der Waals surface area contributed by atoms with E-state index in [0.717, 1.165) is 27.9 Å². The van der Waals surface area contributed by atoms with Crippen LogP contribution in [0.15, 0.2) is 72.8 Å². The Balaban J connectivity index is 1.78. The van der Waals surface area contributed by atoms with Gasteiger partial charge in [0.2, 0.25) is 0 Å². The lowest BCUT2D eigenvalue weighted by atomic mass is 9.93. The van der Waals surface area contributed by atoms with E-state index in [1.165, 1.54) is 28.3 Å². The molecule has 1 nitrogen and oxygen atoms in total. The molecule has 0 bridgehead atoms. The van der Waals surface area contributed by atoms with Gasteiger partial charge in [-0.3, -0.25) is 0 Å². The molecule has 120 valence electrons. The summed E-state index contributed by atoms with van der Waals surface area (Å²) >= 11 is 0. The van der Waals surface area contributed by atoms with Gasteiger partial charge in [0, 0.05) is 22.8 Å². The molecule has 0 saturated carbocycles. The number of hydrogen-bond acceptors (Lipinski definition) is 1. The first-order valence-electron chi connectivity index (χ1n) is 8.09. The average Bonchev–Trinajstić information content (AvgIpc) is 2.60. The first-order chi connectivity index (χ1) is 12.2. The standard InChI is InChI=1S/C22H13F2N/c23-16-10-17(24)12-18(11-16)25-20-9-7-15-5-4-13-2-1-3-14-6-8-19(20)22(15)21(13)14/h1-12,25H. The molecule has 0 saturated heterocycles. The number of halogens is 2. The normalized spacial score (nSPS) is 11.6. The van der Waals surface area contributed by atoms with E-state index >= 15 is 0 Å². The molecule has 0 fully saturated rings. The highest BCUT2D eigenvalue weighted by Gasteiger charge is 2.11. The van der Waals surface area contributed by atoms with Gasteiger partial charge >= 0.3 is 0 Å². The molecule has 5 aromatic rings. The highest BCUT2D eigenvalue weighted by atomic mass is 19.1. The quantitative estimate of drug-likeness (QED) is 0.359. The summed E-state index contributed by atoms with van der Waals surface area (Å²) in [6.07, 6.45) is 0. The fourth-order valence-corrected chi connectivity index (χ4v) is 3.63. The summed E-state index contributed by atoms with van der Waals surface area (Å²) in [5, 5.41) is 10.1. The number of nitrogens with one attached hydrogen (secondary N) is 1. The van der Waals surface area contributed by atoms with Crippen molar-refractivity contribution in [3.05, 3.63) is 84.4 Å². The predicted molar refractivity (Wildman–Crippen MR) is 99.8 cm³/mol. The van der Waals surface area contributed by atoms with E-state index in [-0.39, 0.29) is 0 Å². The first kappa shape index (κ1) is 14.2. The molecule has 5 rings (SSSR count). The molecule has 0 amide bonds. The molecule has 0 heterocycles. The molecular formula is C22H13F2N. The highest BCUT2D eigenvalue weighted by molar-refractivity contribution is 6.25. The van der Waals surface area contributed by atoms with Crippen LogP contribution < -0.4 is 5.32 Å². The summed E-state index contributed by atoms with van der Waals surface area (Å²) in [7, 11) is 0. The molecule has 0 unspecified atom stereocenters. The second-order valence-corrected chi connectivity index (χ2v) is 6.25. The second kappa shape index (κ2) is 5.15. The summed E-state index contributed by atoms with van der Waals surface area (Å²) in [4.78, 5) is 0. The van der Waals surface area contributed by atoms with Crippen molar-refractivity contribution >= 4 is 43.7 Å². The zero-order valence-electron chi connectivity index (χ0n) is 13.2. The molecule has 3 heteroatoms. The minimum atomic E-state index is -0.597. The van der Waals surface area contributed by atoms with Crippen LogP contribution in [-0.2, 0) is 0 Å². The van der Waals surface area contributed by atoms with Crippen LogP contribution in [0.5, 0.6) is 0 Å². The fraction of sp³-hybridized carbons (Fsp3) is 0. The van der Waals surface area contributed by atoms with Gasteiger partial charge < -0.3 is 5.32 Å². The van der Waals surface area contributed by atoms with Crippen molar-refractivity contribution in [1.29, 1.82) is 0 Å². The molecule has 0 aliphatic rings. The maximum absolute atomic E-state index is 13.5. The maximum atomic E-state index is 13.5. The van der Waals surface area contributed by atoms with Crippen LogP contribution in [0.1, 0.15) is 0 Å². The number of anilines is 2. The van der Waals surface area contributed by atoms with Crippen LogP contribution in [0, 0.1) is 11.6 Å². The van der Waals surface area contributed by atoms with Gasteiger partial charge in [0.15, 0.2) is 0 Å². The van der Waals surface area contributed by atoms with Crippen molar-refractivity contribution in [2.24, 2.45) is 0 Å². The van der Waals surface area contributed by atoms with E-state index in [9.17, 15) is 8.78 Å². The van der Waals surface area contributed by atoms with Crippen molar-refractivity contribution in [1.82, 2.24) is 0 Å². The van der Waals surface area contributed by atoms with E-state index in [2.05, 4.69) is 47.8 Å². The Kier molecular flexibility index (Phi) is 2.92. The van der Waals surface area contributed by atoms with Crippen LogP contribution >= 0.6 is 0 Å². The summed E-state index contributed by atoms with van der Waals surface area (Å²) in [6, 6.07) is 22.1. The minimum absolute atomic E-state index is 0.396. The van der Waals surface area contributed by atoms with E-state index < -0.39 is 11.6 Å². The van der Waals surface area contributed by atoms with Crippen molar-refractivity contribution in [2.75, 3.05) is 5.32 Å². The zero-order chi connectivity index (χ0) is 17.0. The Labute approximate surface area is 142 Å². The third-order valence-corrected chi connectivity index (χ3v) is 4.67. The number of hydrogen-bond donors (Lipinski definition) is 1. The Morgan fingerprint density at radius 2 is 1.20 bits per heavy atom. The van der Waals surface area contributed by atoms with Crippen LogP contribution in [0.4, 0.5) is 20.2 Å². The van der Waals surface area contributed by atoms with E-state index in [0.29, 0.717) is 5.69 Å². The molecule has 0 aliphatic heterocycles. The average molecular weight is 329 g/mol. The minimum Gasteiger partial charge on any atom is -0.355 e. The van der Waals surface area contributed by atoms with Gasteiger partial charge in [-0.25, -0.2) is 8.78 Å². The zero-order valence-corrected chi connectivity index (χ0v) is 13.2. The Morgan fingerprint density at radius 3 is 1.92 bits per heavy atom. The number of rotatable bonds is 2. The maximum Gasteiger partial charge on any atom is 0.128 e. The van der Waals surface area contributed by atoms with Crippen molar-refractivity contribution in [3.8, 4) is 0 Å². The van der Waals surface area contributed by atoms with E-state index in [1.54, 1.807) is 0 Å². The van der Waals surface area contributed by atoms with Crippen LogP contribution in [0.3, 0.4) is 0 Å². The summed E-state index contributed by atoms with van der Waals surface area (Å²) in [5.41, 5.74) is 1.23. The Hall–Kier alpha value is -3.20. The summed E-state index contributed by atoms with van der Waals surface area (Å²) in [6.45, 7) is 0. The van der Waals surface area contributed by atoms with Gasteiger partial charge in [-0.05, 0) is 45.1 Å². The molecule has 5 aromatic carbocycles. The van der Waals surface area contributed by atoms with Crippen LogP contribution in [0.25, 0.3) is 32.3 Å². The van der Waals surface area contributed by atoms with Gasteiger partial charge in [-0.1, -0.05) is 48.5 Å². The van der Waals surface area contributed by atoms with Gasteiger partial charge in [-0.15, -0.1) is 0 Å². The molecule has 0 radical (unpaired) electrons. The lowest BCUT2D eigenvalue weighted by Crippen LogP contribution is -1.94. The van der Waals surface area contributed by atoms with Crippen LogP contribution in [-0.4, -0.2) is 0 Å². The lowest BCUT2D eigenvalue weighted by Gasteiger charge is -2.15. The monoisotopic (exact) mass is 329 g/mol. The SMILES string of the molecule is Fc1cc(F)cc(Nc2ccc3ccc4cccc5ccc2c3c45)c1. The molecule has 0 atom stereocenters. The van der Waals surface area contributed by atoms with Crippen molar-refractivity contribution in [2.45, 2.75) is 0 Å².